The Kier molecular flexibility index (Phi) is 3.51. The average molecular weight is 294 g/mol. The lowest BCUT2D eigenvalue weighted by molar-refractivity contribution is -0.275. The van der Waals surface area contributed by atoms with Gasteiger partial charge in [-0.3, -0.25) is 0 Å². The van der Waals surface area contributed by atoms with Gasteiger partial charge in [-0.05, 0) is 30.8 Å². The van der Waals surface area contributed by atoms with Crippen molar-refractivity contribution in [3.8, 4) is 0 Å². The molecule has 4 fully saturated rings. The molecule has 0 aromatic rings. The highest BCUT2D eigenvalue weighted by atomic mass is 16.7. The molecule has 2 N–H and O–H groups in total. The number of allylic oxidation sites excluding steroid dienone is 1. The lowest BCUT2D eigenvalue weighted by atomic mass is 9.69. The van der Waals surface area contributed by atoms with Gasteiger partial charge in [-0.15, -0.1) is 0 Å². The van der Waals surface area contributed by atoms with Gasteiger partial charge >= 0.3 is 0 Å². The average Bonchev–Trinajstić information content (AvgIpc) is 3.17. The third kappa shape index (κ3) is 2.23. The molecule has 0 aromatic carbocycles. The van der Waals surface area contributed by atoms with Crippen molar-refractivity contribution in [1.82, 2.24) is 0 Å². The smallest absolute Gasteiger partial charge is 0.172 e. The number of hydrogen-bond donors (Lipinski definition) is 2. The zero-order valence-electron chi connectivity index (χ0n) is 12.5. The summed E-state index contributed by atoms with van der Waals surface area (Å²) in [6, 6.07) is 0. The highest BCUT2D eigenvalue weighted by molar-refractivity contribution is 5.15. The summed E-state index contributed by atoms with van der Waals surface area (Å²) in [6.07, 6.45) is 9.29. The molecule has 3 saturated carbocycles. The fraction of sp³-hybridized carbons (Fsp3) is 0.882. The minimum atomic E-state index is -0.438. The summed E-state index contributed by atoms with van der Waals surface area (Å²) in [5.41, 5.74) is 0. The fourth-order valence-electron chi connectivity index (χ4n) is 5.00. The first-order valence-corrected chi connectivity index (χ1v) is 8.54. The third-order valence-electron chi connectivity index (χ3n) is 6.25. The maximum absolute atomic E-state index is 10.5. The molecule has 0 amide bonds. The van der Waals surface area contributed by atoms with Crippen molar-refractivity contribution in [1.29, 1.82) is 0 Å². The molecule has 4 heteroatoms. The van der Waals surface area contributed by atoms with Crippen LogP contribution in [0.2, 0.25) is 0 Å². The minimum absolute atomic E-state index is 0.117. The van der Waals surface area contributed by atoms with Gasteiger partial charge in [-0.2, -0.15) is 0 Å². The number of aliphatic hydroxyl groups is 2. The second-order valence-electron chi connectivity index (χ2n) is 7.33. The van der Waals surface area contributed by atoms with Gasteiger partial charge in [0, 0.05) is 18.3 Å². The SMILES string of the molecule is OC(=CCC1CCCC1)[C@@H]1C[C@H]2[C@@H](CC23OCCO3)C1O. The summed E-state index contributed by atoms with van der Waals surface area (Å²) >= 11 is 0. The first-order valence-electron chi connectivity index (χ1n) is 8.54. The largest absolute Gasteiger partial charge is 0.512 e. The Morgan fingerprint density at radius 1 is 1.19 bits per heavy atom. The molecule has 0 bridgehead atoms. The van der Waals surface area contributed by atoms with E-state index in [4.69, 9.17) is 9.47 Å². The molecule has 118 valence electrons. The molecular formula is C17H26O4. The second kappa shape index (κ2) is 5.25. The van der Waals surface area contributed by atoms with Gasteiger partial charge in [0.05, 0.1) is 25.1 Å². The topological polar surface area (TPSA) is 58.9 Å². The highest BCUT2D eigenvalue weighted by Gasteiger charge is 2.65. The van der Waals surface area contributed by atoms with Crippen molar-refractivity contribution in [2.24, 2.45) is 23.7 Å². The molecule has 1 spiro atoms. The van der Waals surface area contributed by atoms with Crippen molar-refractivity contribution < 1.29 is 19.7 Å². The summed E-state index contributed by atoms with van der Waals surface area (Å²) in [6.45, 7) is 1.32. The Balaban J connectivity index is 1.40. The Morgan fingerprint density at radius 2 is 1.90 bits per heavy atom. The fourth-order valence-corrected chi connectivity index (χ4v) is 5.00. The highest BCUT2D eigenvalue weighted by Crippen LogP contribution is 2.60. The van der Waals surface area contributed by atoms with E-state index >= 15 is 0 Å². The van der Waals surface area contributed by atoms with Crippen molar-refractivity contribution in [2.75, 3.05) is 13.2 Å². The molecule has 4 rings (SSSR count). The number of fused-ring (bicyclic) bond motifs is 2. The quantitative estimate of drug-likeness (QED) is 0.786. The van der Waals surface area contributed by atoms with Crippen LogP contribution in [0.15, 0.2) is 11.8 Å². The predicted molar refractivity (Wildman–Crippen MR) is 77.6 cm³/mol. The molecule has 21 heavy (non-hydrogen) atoms. The number of hydrogen-bond acceptors (Lipinski definition) is 4. The maximum Gasteiger partial charge on any atom is 0.172 e. The summed E-state index contributed by atoms with van der Waals surface area (Å²) < 4.78 is 11.5. The lowest BCUT2D eigenvalue weighted by Gasteiger charge is -2.48. The van der Waals surface area contributed by atoms with E-state index in [1.807, 2.05) is 6.08 Å². The van der Waals surface area contributed by atoms with E-state index in [0.29, 0.717) is 19.0 Å². The van der Waals surface area contributed by atoms with Crippen LogP contribution in [0.1, 0.15) is 44.9 Å². The van der Waals surface area contributed by atoms with E-state index in [-0.39, 0.29) is 17.8 Å². The maximum atomic E-state index is 10.5. The van der Waals surface area contributed by atoms with Crippen LogP contribution >= 0.6 is 0 Å². The second-order valence-corrected chi connectivity index (χ2v) is 7.33. The van der Waals surface area contributed by atoms with Crippen LogP contribution in [0.25, 0.3) is 0 Å². The van der Waals surface area contributed by atoms with E-state index in [1.54, 1.807) is 0 Å². The minimum Gasteiger partial charge on any atom is -0.512 e. The molecule has 0 radical (unpaired) electrons. The summed E-state index contributed by atoms with van der Waals surface area (Å²) in [7, 11) is 0. The first kappa shape index (κ1) is 14.0. The van der Waals surface area contributed by atoms with Gasteiger partial charge in [0.25, 0.3) is 0 Å². The van der Waals surface area contributed by atoms with Gasteiger partial charge < -0.3 is 19.7 Å². The molecule has 1 saturated heterocycles. The van der Waals surface area contributed by atoms with E-state index < -0.39 is 11.9 Å². The zero-order chi connectivity index (χ0) is 14.4. The summed E-state index contributed by atoms with van der Waals surface area (Å²) in [5, 5.41) is 20.9. The summed E-state index contributed by atoms with van der Waals surface area (Å²) in [5.74, 6) is 1.06. The molecule has 4 nitrogen and oxygen atoms in total. The van der Waals surface area contributed by atoms with Crippen molar-refractivity contribution >= 4 is 0 Å². The molecule has 1 aliphatic heterocycles. The van der Waals surface area contributed by atoms with E-state index in [2.05, 4.69) is 0 Å². The number of ether oxygens (including phenoxy) is 2. The molecule has 1 unspecified atom stereocenters. The van der Waals surface area contributed by atoms with Crippen LogP contribution in [0.4, 0.5) is 0 Å². The lowest BCUT2D eigenvalue weighted by Crippen LogP contribution is -2.54. The Labute approximate surface area is 126 Å². The monoisotopic (exact) mass is 294 g/mol. The molecule has 0 aromatic heterocycles. The zero-order valence-corrected chi connectivity index (χ0v) is 12.5. The predicted octanol–water partition coefficient (Wildman–Crippen LogP) is 2.77. The normalized spacial score (nSPS) is 42.4. The molecule has 3 aliphatic carbocycles. The Morgan fingerprint density at radius 3 is 2.62 bits per heavy atom. The Bertz CT molecular complexity index is 421. The van der Waals surface area contributed by atoms with Crippen LogP contribution < -0.4 is 0 Å². The Hall–Kier alpha value is -0.580. The van der Waals surface area contributed by atoms with E-state index in [0.717, 1.165) is 25.2 Å². The molecule has 1 heterocycles. The van der Waals surface area contributed by atoms with Gasteiger partial charge in [-0.25, -0.2) is 0 Å². The summed E-state index contributed by atoms with van der Waals surface area (Å²) in [4.78, 5) is 0. The molecule has 4 aliphatic rings. The van der Waals surface area contributed by atoms with Crippen LogP contribution in [0, 0.1) is 23.7 Å². The van der Waals surface area contributed by atoms with Crippen LogP contribution in [0.3, 0.4) is 0 Å². The van der Waals surface area contributed by atoms with Crippen molar-refractivity contribution in [3.05, 3.63) is 11.8 Å². The van der Waals surface area contributed by atoms with Gasteiger partial charge in [0.15, 0.2) is 5.79 Å². The molecule has 4 atom stereocenters. The van der Waals surface area contributed by atoms with E-state index in [9.17, 15) is 10.2 Å². The van der Waals surface area contributed by atoms with Gasteiger partial charge in [0.2, 0.25) is 0 Å². The van der Waals surface area contributed by atoms with Crippen LogP contribution in [0.5, 0.6) is 0 Å². The van der Waals surface area contributed by atoms with Crippen LogP contribution in [-0.4, -0.2) is 35.3 Å². The van der Waals surface area contributed by atoms with Crippen molar-refractivity contribution in [3.63, 3.8) is 0 Å². The number of aliphatic hydroxyl groups excluding tert-OH is 2. The number of rotatable bonds is 3. The van der Waals surface area contributed by atoms with E-state index in [1.165, 1.54) is 25.7 Å². The van der Waals surface area contributed by atoms with Crippen molar-refractivity contribution in [2.45, 2.75) is 56.8 Å². The van der Waals surface area contributed by atoms with Gasteiger partial charge in [0.1, 0.15) is 0 Å². The molecular weight excluding hydrogens is 268 g/mol. The van der Waals surface area contributed by atoms with Gasteiger partial charge in [-0.1, -0.05) is 25.7 Å². The first-order chi connectivity index (χ1) is 10.2. The van der Waals surface area contributed by atoms with Crippen LogP contribution in [-0.2, 0) is 9.47 Å². The standard InChI is InChI=1S/C17H26O4/c18-15(6-5-11-3-1-2-4-11)12-9-14-13(16(12)19)10-17(14)20-7-8-21-17/h6,11-14,16,18-19H,1-5,7-10H2/t12-,13+,14-,16?/m0/s1. The third-order valence-corrected chi connectivity index (χ3v) is 6.25.